The van der Waals surface area contributed by atoms with Crippen LogP contribution in [0.1, 0.15) is 0 Å². The molecule has 1 aromatic carbocycles. The van der Waals surface area contributed by atoms with Gasteiger partial charge in [0.15, 0.2) is 5.13 Å². The van der Waals surface area contributed by atoms with E-state index in [0.29, 0.717) is 11.7 Å². The SMILES string of the molecule is CN(C)CC(=O)Nc1nc2ccccc2s1. The summed E-state index contributed by atoms with van der Waals surface area (Å²) >= 11 is 1.49. The minimum Gasteiger partial charge on any atom is -0.301 e. The molecule has 0 unspecified atom stereocenters. The van der Waals surface area contributed by atoms with Crippen molar-refractivity contribution in [1.82, 2.24) is 9.88 Å². The standard InChI is InChI=1S/C11H13N3OS/c1-14(2)7-10(15)13-11-12-8-5-3-4-6-9(8)16-11/h3-6H,7H2,1-2H3,(H,12,13,15). The Balaban J connectivity index is 2.12. The first kappa shape index (κ1) is 11.0. The van der Waals surface area contributed by atoms with Crippen LogP contribution in [0.4, 0.5) is 5.13 Å². The lowest BCUT2D eigenvalue weighted by Crippen LogP contribution is -2.26. The Hall–Kier alpha value is -1.46. The molecule has 1 N–H and O–H groups in total. The molecule has 0 aliphatic carbocycles. The van der Waals surface area contributed by atoms with Crippen molar-refractivity contribution in [3.05, 3.63) is 24.3 Å². The van der Waals surface area contributed by atoms with Gasteiger partial charge in [0.1, 0.15) is 0 Å². The third kappa shape index (κ3) is 2.56. The Kier molecular flexibility index (Phi) is 3.17. The summed E-state index contributed by atoms with van der Waals surface area (Å²) in [4.78, 5) is 17.7. The van der Waals surface area contributed by atoms with Gasteiger partial charge in [-0.15, -0.1) is 0 Å². The summed E-state index contributed by atoms with van der Waals surface area (Å²) in [6.45, 7) is 0.371. The van der Waals surface area contributed by atoms with Crippen LogP contribution >= 0.6 is 11.3 Å². The summed E-state index contributed by atoms with van der Waals surface area (Å²) < 4.78 is 1.09. The third-order valence-electron chi connectivity index (χ3n) is 2.00. The molecule has 2 aromatic rings. The number of anilines is 1. The molecule has 16 heavy (non-hydrogen) atoms. The van der Waals surface area contributed by atoms with Crippen LogP contribution in [0.5, 0.6) is 0 Å². The topological polar surface area (TPSA) is 45.2 Å². The van der Waals surface area contributed by atoms with Crippen LogP contribution in [0.15, 0.2) is 24.3 Å². The number of amides is 1. The van der Waals surface area contributed by atoms with E-state index in [9.17, 15) is 4.79 Å². The monoisotopic (exact) mass is 235 g/mol. The Morgan fingerprint density at radius 3 is 2.88 bits per heavy atom. The molecule has 2 rings (SSSR count). The second-order valence-corrected chi connectivity index (χ2v) is 4.80. The molecule has 0 aliphatic heterocycles. The van der Waals surface area contributed by atoms with Crippen molar-refractivity contribution in [2.45, 2.75) is 0 Å². The minimum absolute atomic E-state index is 0.0379. The molecule has 4 nitrogen and oxygen atoms in total. The number of hydrogen-bond acceptors (Lipinski definition) is 4. The van der Waals surface area contributed by atoms with Gasteiger partial charge in [0, 0.05) is 0 Å². The maximum atomic E-state index is 11.5. The first-order valence-corrected chi connectivity index (χ1v) is 5.77. The Morgan fingerprint density at radius 1 is 1.44 bits per heavy atom. The molecule has 5 heteroatoms. The van der Waals surface area contributed by atoms with Gasteiger partial charge >= 0.3 is 0 Å². The summed E-state index contributed by atoms with van der Waals surface area (Å²) in [5, 5.41) is 3.45. The van der Waals surface area contributed by atoms with E-state index in [1.165, 1.54) is 11.3 Å². The van der Waals surface area contributed by atoms with Crippen LogP contribution in [-0.2, 0) is 4.79 Å². The Bertz CT molecular complexity index is 474. The Morgan fingerprint density at radius 2 is 2.19 bits per heavy atom. The smallest absolute Gasteiger partial charge is 0.240 e. The van der Waals surface area contributed by atoms with Crippen molar-refractivity contribution in [2.24, 2.45) is 0 Å². The number of carbonyl (C=O) groups excluding carboxylic acids is 1. The number of hydrogen-bond donors (Lipinski definition) is 1. The van der Waals surface area contributed by atoms with Crippen LogP contribution in [0.25, 0.3) is 10.2 Å². The van der Waals surface area contributed by atoms with E-state index < -0.39 is 0 Å². The van der Waals surface area contributed by atoms with Gasteiger partial charge in [-0.25, -0.2) is 4.98 Å². The van der Waals surface area contributed by atoms with E-state index in [2.05, 4.69) is 10.3 Å². The van der Waals surface area contributed by atoms with Crippen LogP contribution in [0.3, 0.4) is 0 Å². The maximum Gasteiger partial charge on any atom is 0.240 e. The van der Waals surface area contributed by atoms with Crippen molar-refractivity contribution in [3.63, 3.8) is 0 Å². The number of rotatable bonds is 3. The van der Waals surface area contributed by atoms with Crippen molar-refractivity contribution >= 4 is 32.6 Å². The molecule has 1 aromatic heterocycles. The summed E-state index contributed by atoms with van der Waals surface area (Å²) in [6.07, 6.45) is 0. The second-order valence-electron chi connectivity index (χ2n) is 3.77. The summed E-state index contributed by atoms with van der Waals surface area (Å²) in [5.41, 5.74) is 0.924. The van der Waals surface area contributed by atoms with Crippen molar-refractivity contribution in [3.8, 4) is 0 Å². The number of nitrogens with one attached hydrogen (secondary N) is 1. The first-order chi connectivity index (χ1) is 7.65. The molecule has 0 radical (unpaired) electrons. The lowest BCUT2D eigenvalue weighted by Gasteiger charge is -2.07. The number of fused-ring (bicyclic) bond motifs is 1. The van der Waals surface area contributed by atoms with Crippen LogP contribution < -0.4 is 5.32 Å². The summed E-state index contributed by atoms with van der Waals surface area (Å²) in [6, 6.07) is 7.83. The fourth-order valence-corrected chi connectivity index (χ4v) is 2.25. The van der Waals surface area contributed by atoms with E-state index >= 15 is 0 Å². The average molecular weight is 235 g/mol. The Labute approximate surface area is 97.9 Å². The van der Waals surface area contributed by atoms with Crippen LogP contribution in [-0.4, -0.2) is 36.4 Å². The predicted molar refractivity (Wildman–Crippen MR) is 66.8 cm³/mol. The first-order valence-electron chi connectivity index (χ1n) is 4.95. The summed E-state index contributed by atoms with van der Waals surface area (Å²) in [5.74, 6) is -0.0379. The predicted octanol–water partition coefficient (Wildman–Crippen LogP) is 1.80. The van der Waals surface area contributed by atoms with Gasteiger partial charge in [-0.3, -0.25) is 4.79 Å². The molecule has 0 atom stereocenters. The van der Waals surface area contributed by atoms with Crippen molar-refractivity contribution < 1.29 is 4.79 Å². The number of aromatic nitrogens is 1. The lowest BCUT2D eigenvalue weighted by molar-refractivity contribution is -0.116. The number of benzene rings is 1. The molecule has 0 saturated carbocycles. The number of likely N-dealkylation sites (N-methyl/N-ethyl adjacent to an activating group) is 1. The fraction of sp³-hybridized carbons (Fsp3) is 0.273. The van der Waals surface area contributed by atoms with Gasteiger partial charge < -0.3 is 10.2 Å². The van der Waals surface area contributed by atoms with E-state index in [1.54, 1.807) is 0 Å². The molecule has 84 valence electrons. The largest absolute Gasteiger partial charge is 0.301 e. The van der Waals surface area contributed by atoms with Crippen molar-refractivity contribution in [2.75, 3.05) is 26.0 Å². The van der Waals surface area contributed by atoms with Crippen LogP contribution in [0, 0.1) is 0 Å². The van der Waals surface area contributed by atoms with Gasteiger partial charge in [-0.2, -0.15) is 0 Å². The molecular weight excluding hydrogens is 222 g/mol. The quantitative estimate of drug-likeness (QED) is 0.882. The zero-order valence-corrected chi connectivity index (χ0v) is 10.0. The minimum atomic E-state index is -0.0379. The van der Waals surface area contributed by atoms with Gasteiger partial charge in [-0.1, -0.05) is 23.5 Å². The van der Waals surface area contributed by atoms with E-state index in [1.807, 2.05) is 43.3 Å². The highest BCUT2D eigenvalue weighted by Gasteiger charge is 2.07. The van der Waals surface area contributed by atoms with Crippen LogP contribution in [0.2, 0.25) is 0 Å². The second kappa shape index (κ2) is 4.59. The third-order valence-corrected chi connectivity index (χ3v) is 2.95. The fourth-order valence-electron chi connectivity index (χ4n) is 1.37. The number of carbonyl (C=O) groups is 1. The van der Waals surface area contributed by atoms with Gasteiger partial charge in [0.05, 0.1) is 16.8 Å². The highest BCUT2D eigenvalue weighted by molar-refractivity contribution is 7.22. The lowest BCUT2D eigenvalue weighted by atomic mass is 10.3. The number of nitrogens with zero attached hydrogens (tertiary/aromatic N) is 2. The normalized spacial score (nSPS) is 10.9. The average Bonchev–Trinajstić information content (AvgIpc) is 2.57. The van der Waals surface area contributed by atoms with E-state index in [0.717, 1.165) is 10.2 Å². The molecule has 0 fully saturated rings. The molecule has 1 amide bonds. The zero-order valence-electron chi connectivity index (χ0n) is 9.23. The zero-order chi connectivity index (χ0) is 11.5. The van der Waals surface area contributed by atoms with Crippen molar-refractivity contribution in [1.29, 1.82) is 0 Å². The van der Waals surface area contributed by atoms with Gasteiger partial charge in [0.2, 0.25) is 5.91 Å². The molecule has 0 spiro atoms. The molecule has 0 aliphatic rings. The summed E-state index contributed by atoms with van der Waals surface area (Å²) in [7, 11) is 3.72. The molecule has 0 bridgehead atoms. The number of thiazole rings is 1. The molecule has 0 saturated heterocycles. The molecular formula is C11H13N3OS. The number of para-hydroxylation sites is 1. The van der Waals surface area contributed by atoms with Gasteiger partial charge in [0.25, 0.3) is 0 Å². The highest BCUT2D eigenvalue weighted by atomic mass is 32.1. The molecule has 1 heterocycles. The van der Waals surface area contributed by atoms with Gasteiger partial charge in [-0.05, 0) is 26.2 Å². The van der Waals surface area contributed by atoms with E-state index in [-0.39, 0.29) is 5.91 Å². The maximum absolute atomic E-state index is 11.5. The van der Waals surface area contributed by atoms with E-state index in [4.69, 9.17) is 0 Å². The highest BCUT2D eigenvalue weighted by Crippen LogP contribution is 2.25.